The summed E-state index contributed by atoms with van der Waals surface area (Å²) >= 11 is 0. The Morgan fingerprint density at radius 2 is 1.70 bits per heavy atom. The number of carbonyl (C=O) groups excluding carboxylic acids is 1. The Morgan fingerprint density at radius 1 is 1.15 bits per heavy atom. The Hall–Kier alpha value is -1.34. The van der Waals surface area contributed by atoms with E-state index in [1.54, 1.807) is 12.1 Å². The molecule has 1 aromatic rings. The standard InChI is InChI=1S/C13H15F2NO3S/c14-13(15)6-8-16(9-7-13)20(18,19)12-3-1-11(2-4-12)5-10-17/h1-4,10H,5-9H2. The highest BCUT2D eigenvalue weighted by Gasteiger charge is 2.38. The van der Waals surface area contributed by atoms with E-state index in [0.29, 0.717) is 5.56 Å². The molecule has 0 atom stereocenters. The van der Waals surface area contributed by atoms with Gasteiger partial charge in [-0.25, -0.2) is 17.2 Å². The summed E-state index contributed by atoms with van der Waals surface area (Å²) in [5, 5.41) is 0. The monoisotopic (exact) mass is 303 g/mol. The van der Waals surface area contributed by atoms with E-state index < -0.39 is 28.8 Å². The van der Waals surface area contributed by atoms with Gasteiger partial charge in [-0.1, -0.05) is 12.1 Å². The predicted molar refractivity (Wildman–Crippen MR) is 69.1 cm³/mol. The number of carbonyl (C=O) groups is 1. The van der Waals surface area contributed by atoms with Gasteiger partial charge in [0.05, 0.1) is 4.90 Å². The third kappa shape index (κ3) is 3.21. The number of halogens is 2. The Balaban J connectivity index is 2.16. The molecule has 0 spiro atoms. The van der Waals surface area contributed by atoms with E-state index in [9.17, 15) is 22.0 Å². The van der Waals surface area contributed by atoms with Gasteiger partial charge in [-0.05, 0) is 17.7 Å². The number of hydrogen-bond donors (Lipinski definition) is 0. The van der Waals surface area contributed by atoms with Crippen LogP contribution in [0.1, 0.15) is 18.4 Å². The molecule has 0 bridgehead atoms. The molecule has 0 unspecified atom stereocenters. The second kappa shape index (κ2) is 5.57. The van der Waals surface area contributed by atoms with Crippen LogP contribution in [0.2, 0.25) is 0 Å². The van der Waals surface area contributed by atoms with Gasteiger partial charge in [0.1, 0.15) is 6.29 Å². The molecule has 4 nitrogen and oxygen atoms in total. The number of sulfonamides is 1. The normalized spacial score (nSPS) is 19.7. The fourth-order valence-electron chi connectivity index (χ4n) is 2.10. The third-order valence-corrected chi connectivity index (χ3v) is 5.25. The molecule has 0 aliphatic carbocycles. The summed E-state index contributed by atoms with van der Waals surface area (Å²) in [6.07, 6.45) is 0.0530. The van der Waals surface area contributed by atoms with Crippen LogP contribution in [0.15, 0.2) is 29.2 Å². The molecule has 110 valence electrons. The van der Waals surface area contributed by atoms with Crippen molar-refractivity contribution >= 4 is 16.3 Å². The first-order valence-corrected chi connectivity index (χ1v) is 7.70. The average molecular weight is 303 g/mol. The number of rotatable bonds is 4. The van der Waals surface area contributed by atoms with Gasteiger partial charge in [0.2, 0.25) is 10.0 Å². The van der Waals surface area contributed by atoms with E-state index in [-0.39, 0.29) is 24.4 Å². The number of alkyl halides is 2. The van der Waals surface area contributed by atoms with Crippen molar-refractivity contribution < 1.29 is 22.0 Å². The first-order chi connectivity index (χ1) is 9.35. The molecule has 2 rings (SSSR count). The Kier molecular flexibility index (Phi) is 4.19. The number of benzene rings is 1. The summed E-state index contributed by atoms with van der Waals surface area (Å²) in [4.78, 5) is 10.4. The molecule has 0 N–H and O–H groups in total. The minimum Gasteiger partial charge on any atom is -0.303 e. The molecular formula is C13H15F2NO3S. The summed E-state index contributed by atoms with van der Waals surface area (Å²) in [6, 6.07) is 5.92. The minimum absolute atomic E-state index is 0.0670. The zero-order valence-electron chi connectivity index (χ0n) is 10.8. The van der Waals surface area contributed by atoms with Crippen LogP contribution in [-0.4, -0.2) is 38.0 Å². The summed E-state index contributed by atoms with van der Waals surface area (Å²) in [5.74, 6) is -2.78. The van der Waals surface area contributed by atoms with Crippen LogP contribution >= 0.6 is 0 Å². The van der Waals surface area contributed by atoms with Crippen LogP contribution in [-0.2, 0) is 21.2 Å². The molecule has 0 radical (unpaired) electrons. The van der Waals surface area contributed by atoms with Gasteiger partial charge in [0, 0.05) is 32.4 Å². The molecule has 7 heteroatoms. The van der Waals surface area contributed by atoms with Crippen LogP contribution in [0.3, 0.4) is 0 Å². The van der Waals surface area contributed by atoms with Crippen molar-refractivity contribution in [2.75, 3.05) is 13.1 Å². The van der Waals surface area contributed by atoms with Gasteiger partial charge in [-0.2, -0.15) is 4.31 Å². The van der Waals surface area contributed by atoms with Crippen LogP contribution < -0.4 is 0 Å². The number of piperidine rings is 1. The SMILES string of the molecule is O=CCc1ccc(S(=O)(=O)N2CCC(F)(F)CC2)cc1. The van der Waals surface area contributed by atoms with Gasteiger partial charge in [0.15, 0.2) is 0 Å². The maximum absolute atomic E-state index is 13.1. The van der Waals surface area contributed by atoms with Crippen LogP contribution in [0, 0.1) is 0 Å². The molecule has 1 aromatic carbocycles. The number of aldehydes is 1. The Labute approximate surface area is 116 Å². The van der Waals surface area contributed by atoms with Gasteiger partial charge in [-0.15, -0.1) is 0 Å². The van der Waals surface area contributed by atoms with Crippen molar-refractivity contribution in [3.63, 3.8) is 0 Å². The van der Waals surface area contributed by atoms with Crippen LogP contribution in [0.5, 0.6) is 0 Å². The second-order valence-corrected chi connectivity index (χ2v) is 6.71. The van der Waals surface area contributed by atoms with Crippen molar-refractivity contribution in [3.05, 3.63) is 29.8 Å². The van der Waals surface area contributed by atoms with Gasteiger partial charge < -0.3 is 4.79 Å². The lowest BCUT2D eigenvalue weighted by Gasteiger charge is -2.30. The molecule has 0 aromatic heterocycles. The molecule has 0 amide bonds. The van der Waals surface area contributed by atoms with Gasteiger partial charge in [0.25, 0.3) is 5.92 Å². The fraction of sp³-hybridized carbons (Fsp3) is 0.462. The first kappa shape index (κ1) is 15.1. The number of hydrogen-bond acceptors (Lipinski definition) is 3. The van der Waals surface area contributed by atoms with Crippen LogP contribution in [0.4, 0.5) is 8.78 Å². The molecule has 20 heavy (non-hydrogen) atoms. The Morgan fingerprint density at radius 3 is 2.20 bits per heavy atom. The number of nitrogens with zero attached hydrogens (tertiary/aromatic N) is 1. The molecule has 1 saturated heterocycles. The van der Waals surface area contributed by atoms with Crippen molar-refractivity contribution in [3.8, 4) is 0 Å². The lowest BCUT2D eigenvalue weighted by atomic mass is 10.1. The highest BCUT2D eigenvalue weighted by molar-refractivity contribution is 7.89. The fourth-order valence-corrected chi connectivity index (χ4v) is 3.54. The second-order valence-electron chi connectivity index (χ2n) is 4.77. The lowest BCUT2D eigenvalue weighted by molar-refractivity contribution is -0.107. The Bertz CT molecular complexity index is 574. The maximum Gasteiger partial charge on any atom is 0.250 e. The highest BCUT2D eigenvalue weighted by atomic mass is 32.2. The summed E-state index contributed by atoms with van der Waals surface area (Å²) in [5.41, 5.74) is 0.712. The molecule has 1 aliphatic rings. The predicted octanol–water partition coefficient (Wildman–Crippen LogP) is 1.85. The van der Waals surface area contributed by atoms with Gasteiger partial charge in [-0.3, -0.25) is 0 Å². The zero-order chi connectivity index (χ0) is 14.8. The zero-order valence-corrected chi connectivity index (χ0v) is 11.6. The molecule has 0 saturated carbocycles. The van der Waals surface area contributed by atoms with Gasteiger partial charge >= 0.3 is 0 Å². The van der Waals surface area contributed by atoms with E-state index in [4.69, 9.17) is 0 Å². The smallest absolute Gasteiger partial charge is 0.250 e. The molecule has 1 heterocycles. The van der Waals surface area contributed by atoms with E-state index in [2.05, 4.69) is 0 Å². The minimum atomic E-state index is -3.73. The van der Waals surface area contributed by atoms with Crippen molar-refractivity contribution in [2.24, 2.45) is 0 Å². The molecule has 1 fully saturated rings. The average Bonchev–Trinajstić information content (AvgIpc) is 2.39. The van der Waals surface area contributed by atoms with Crippen molar-refractivity contribution in [1.29, 1.82) is 0 Å². The maximum atomic E-state index is 13.1. The highest BCUT2D eigenvalue weighted by Crippen LogP contribution is 2.30. The van der Waals surface area contributed by atoms with E-state index in [1.807, 2.05) is 0 Å². The summed E-state index contributed by atoms with van der Waals surface area (Å²) in [7, 11) is -3.73. The van der Waals surface area contributed by atoms with E-state index >= 15 is 0 Å². The van der Waals surface area contributed by atoms with E-state index in [0.717, 1.165) is 10.6 Å². The summed E-state index contributed by atoms with van der Waals surface area (Å²) < 4.78 is 51.7. The molecular weight excluding hydrogens is 288 g/mol. The van der Waals surface area contributed by atoms with Crippen molar-refractivity contribution in [2.45, 2.75) is 30.1 Å². The van der Waals surface area contributed by atoms with Crippen LogP contribution in [0.25, 0.3) is 0 Å². The first-order valence-electron chi connectivity index (χ1n) is 6.26. The van der Waals surface area contributed by atoms with Crippen molar-refractivity contribution in [1.82, 2.24) is 4.31 Å². The molecule has 1 aliphatic heterocycles. The lowest BCUT2D eigenvalue weighted by Crippen LogP contribution is -2.42. The topological polar surface area (TPSA) is 54.5 Å². The quantitative estimate of drug-likeness (QED) is 0.798. The largest absolute Gasteiger partial charge is 0.303 e. The van der Waals surface area contributed by atoms with E-state index in [1.165, 1.54) is 12.1 Å². The third-order valence-electron chi connectivity index (χ3n) is 3.33. The summed E-state index contributed by atoms with van der Waals surface area (Å²) in [6.45, 7) is -0.350.